The lowest BCUT2D eigenvalue weighted by Gasteiger charge is -2.06. The van der Waals surface area contributed by atoms with Gasteiger partial charge in [0, 0.05) is 23.6 Å². The van der Waals surface area contributed by atoms with Crippen LogP contribution in [0.15, 0.2) is 24.4 Å². The highest BCUT2D eigenvalue weighted by Crippen LogP contribution is 2.35. The normalized spacial score (nSPS) is 13.7. The zero-order chi connectivity index (χ0) is 10.3. The molecule has 0 saturated carbocycles. The first kappa shape index (κ1) is 8.53. The Morgan fingerprint density at radius 2 is 2.20 bits per heavy atom. The van der Waals surface area contributed by atoms with Crippen molar-refractivity contribution in [2.24, 2.45) is 0 Å². The van der Waals surface area contributed by atoms with Crippen LogP contribution in [-0.2, 0) is 6.42 Å². The lowest BCUT2D eigenvalue weighted by molar-refractivity contribution is 0.357. The summed E-state index contributed by atoms with van der Waals surface area (Å²) in [6, 6.07) is 6.02. The number of rotatable bonds is 1. The largest absolute Gasteiger partial charge is 0.493 e. The average Bonchev–Trinajstić information content (AvgIpc) is 2.76. The fourth-order valence-corrected chi connectivity index (χ4v) is 2.09. The Balaban J connectivity index is 2.37. The van der Waals surface area contributed by atoms with Crippen LogP contribution in [0.25, 0.3) is 10.8 Å². The van der Waals surface area contributed by atoms with E-state index in [0.717, 1.165) is 24.2 Å². The number of ether oxygens (including phenoxy) is 2. The number of benzene rings is 1. The molecule has 0 N–H and O–H groups in total. The molecular weight excluding hydrogens is 190 g/mol. The van der Waals surface area contributed by atoms with Gasteiger partial charge in [-0.15, -0.1) is 0 Å². The fraction of sp³-hybridized carbons (Fsp3) is 0.250. The molecule has 3 nitrogen and oxygen atoms in total. The van der Waals surface area contributed by atoms with Gasteiger partial charge in [-0.2, -0.15) is 0 Å². The Hall–Kier alpha value is -1.77. The maximum atomic E-state index is 5.52. The molecule has 0 bridgehead atoms. The van der Waals surface area contributed by atoms with Crippen LogP contribution in [0.4, 0.5) is 0 Å². The highest BCUT2D eigenvalue weighted by Gasteiger charge is 2.16. The van der Waals surface area contributed by atoms with E-state index in [9.17, 15) is 0 Å². The van der Waals surface area contributed by atoms with E-state index in [1.54, 1.807) is 13.3 Å². The zero-order valence-electron chi connectivity index (χ0n) is 8.49. The molecule has 0 atom stereocenters. The smallest absolute Gasteiger partial charge is 0.221 e. The van der Waals surface area contributed by atoms with Gasteiger partial charge in [0.1, 0.15) is 5.75 Å². The van der Waals surface area contributed by atoms with Crippen LogP contribution in [0.1, 0.15) is 5.56 Å². The van der Waals surface area contributed by atoms with E-state index in [2.05, 4.69) is 4.98 Å². The van der Waals surface area contributed by atoms with Crippen molar-refractivity contribution in [1.29, 1.82) is 0 Å². The zero-order valence-corrected chi connectivity index (χ0v) is 8.49. The molecule has 0 radical (unpaired) electrons. The van der Waals surface area contributed by atoms with Crippen molar-refractivity contribution in [2.75, 3.05) is 13.7 Å². The van der Waals surface area contributed by atoms with Crippen molar-refractivity contribution in [2.45, 2.75) is 6.42 Å². The van der Waals surface area contributed by atoms with Crippen molar-refractivity contribution in [3.63, 3.8) is 0 Å². The van der Waals surface area contributed by atoms with E-state index < -0.39 is 0 Å². The molecule has 2 heterocycles. The van der Waals surface area contributed by atoms with E-state index in [-0.39, 0.29) is 0 Å². The predicted molar refractivity (Wildman–Crippen MR) is 57.5 cm³/mol. The topological polar surface area (TPSA) is 31.4 Å². The Kier molecular flexibility index (Phi) is 1.78. The van der Waals surface area contributed by atoms with E-state index in [4.69, 9.17) is 9.47 Å². The molecule has 2 aromatic rings. The molecule has 0 amide bonds. The second-order valence-corrected chi connectivity index (χ2v) is 3.56. The van der Waals surface area contributed by atoms with Crippen LogP contribution >= 0.6 is 0 Å². The Labute approximate surface area is 87.6 Å². The van der Waals surface area contributed by atoms with Gasteiger partial charge in [0.2, 0.25) is 5.88 Å². The monoisotopic (exact) mass is 201 g/mol. The molecule has 1 aromatic carbocycles. The van der Waals surface area contributed by atoms with Crippen molar-refractivity contribution < 1.29 is 9.47 Å². The highest BCUT2D eigenvalue weighted by atomic mass is 16.5. The molecule has 0 aliphatic carbocycles. The van der Waals surface area contributed by atoms with Gasteiger partial charge in [-0.25, -0.2) is 4.98 Å². The van der Waals surface area contributed by atoms with Gasteiger partial charge >= 0.3 is 0 Å². The van der Waals surface area contributed by atoms with Gasteiger partial charge in [-0.1, -0.05) is 0 Å². The van der Waals surface area contributed by atoms with Crippen LogP contribution in [0, 0.1) is 0 Å². The van der Waals surface area contributed by atoms with Crippen molar-refractivity contribution in [1.82, 2.24) is 4.98 Å². The Morgan fingerprint density at radius 3 is 3.07 bits per heavy atom. The summed E-state index contributed by atoms with van der Waals surface area (Å²) in [5.41, 5.74) is 1.27. The molecule has 0 saturated heterocycles. The minimum atomic E-state index is 0.683. The molecule has 0 unspecified atom stereocenters. The average molecular weight is 201 g/mol. The number of fused-ring (bicyclic) bond motifs is 3. The lowest BCUT2D eigenvalue weighted by Crippen LogP contribution is -1.90. The SMILES string of the molecule is COc1nccc2c3c(ccc12)OCC3. The number of hydrogen-bond acceptors (Lipinski definition) is 3. The molecule has 1 aliphatic rings. The third-order valence-electron chi connectivity index (χ3n) is 2.78. The van der Waals surface area contributed by atoms with E-state index in [0.29, 0.717) is 5.88 Å². The number of aromatic nitrogens is 1. The first-order chi connectivity index (χ1) is 7.40. The second kappa shape index (κ2) is 3.12. The number of methoxy groups -OCH3 is 1. The summed E-state index contributed by atoms with van der Waals surface area (Å²) in [6.07, 6.45) is 2.75. The third kappa shape index (κ3) is 1.16. The van der Waals surface area contributed by atoms with E-state index >= 15 is 0 Å². The van der Waals surface area contributed by atoms with Gasteiger partial charge in [0.15, 0.2) is 0 Å². The van der Waals surface area contributed by atoms with Crippen molar-refractivity contribution in [3.8, 4) is 11.6 Å². The molecule has 1 aromatic heterocycles. The first-order valence-electron chi connectivity index (χ1n) is 4.97. The molecule has 15 heavy (non-hydrogen) atoms. The number of nitrogens with zero attached hydrogens (tertiary/aromatic N) is 1. The maximum absolute atomic E-state index is 5.52. The summed E-state index contributed by atoms with van der Waals surface area (Å²) in [5.74, 6) is 1.68. The summed E-state index contributed by atoms with van der Waals surface area (Å²) in [7, 11) is 1.64. The van der Waals surface area contributed by atoms with Gasteiger partial charge in [-0.3, -0.25) is 0 Å². The van der Waals surface area contributed by atoms with Gasteiger partial charge in [0.05, 0.1) is 13.7 Å². The van der Waals surface area contributed by atoms with Gasteiger partial charge in [0.25, 0.3) is 0 Å². The summed E-state index contributed by atoms with van der Waals surface area (Å²) >= 11 is 0. The van der Waals surface area contributed by atoms with Crippen molar-refractivity contribution in [3.05, 3.63) is 30.0 Å². The quantitative estimate of drug-likeness (QED) is 0.708. The van der Waals surface area contributed by atoms with Gasteiger partial charge in [-0.05, 0) is 23.6 Å². The van der Waals surface area contributed by atoms with Gasteiger partial charge < -0.3 is 9.47 Å². The lowest BCUT2D eigenvalue weighted by atomic mass is 10.0. The molecular formula is C12H11NO2. The summed E-state index contributed by atoms with van der Waals surface area (Å²) in [5, 5.41) is 2.25. The second-order valence-electron chi connectivity index (χ2n) is 3.56. The van der Waals surface area contributed by atoms with Crippen molar-refractivity contribution >= 4 is 10.8 Å². The van der Waals surface area contributed by atoms with Crippen LogP contribution in [0.2, 0.25) is 0 Å². The van der Waals surface area contributed by atoms with E-state index in [1.807, 2.05) is 18.2 Å². The number of pyridine rings is 1. The standard InChI is InChI=1S/C12H11NO2/c1-14-12-10-2-3-11-9(5-7-15-11)8(10)4-6-13-12/h2-4,6H,5,7H2,1H3. The van der Waals surface area contributed by atoms with Crippen LogP contribution in [0.3, 0.4) is 0 Å². The molecule has 1 aliphatic heterocycles. The third-order valence-corrected chi connectivity index (χ3v) is 2.78. The highest BCUT2D eigenvalue weighted by molar-refractivity contribution is 5.91. The Bertz CT molecular complexity index is 522. The van der Waals surface area contributed by atoms with Crippen LogP contribution < -0.4 is 9.47 Å². The fourth-order valence-electron chi connectivity index (χ4n) is 2.09. The number of hydrogen-bond donors (Lipinski definition) is 0. The minimum absolute atomic E-state index is 0.683. The van der Waals surface area contributed by atoms with Crippen LogP contribution in [-0.4, -0.2) is 18.7 Å². The van der Waals surface area contributed by atoms with Crippen LogP contribution in [0.5, 0.6) is 11.6 Å². The summed E-state index contributed by atoms with van der Waals surface area (Å²) in [4.78, 5) is 4.19. The Morgan fingerprint density at radius 1 is 1.27 bits per heavy atom. The molecule has 76 valence electrons. The minimum Gasteiger partial charge on any atom is -0.493 e. The molecule has 0 fully saturated rings. The predicted octanol–water partition coefficient (Wildman–Crippen LogP) is 2.18. The molecule has 0 spiro atoms. The summed E-state index contributed by atoms with van der Waals surface area (Å²) in [6.45, 7) is 0.777. The first-order valence-corrected chi connectivity index (χ1v) is 4.97. The molecule has 3 heteroatoms. The summed E-state index contributed by atoms with van der Waals surface area (Å²) < 4.78 is 10.8. The van der Waals surface area contributed by atoms with E-state index in [1.165, 1.54) is 10.9 Å². The maximum Gasteiger partial charge on any atom is 0.221 e. The molecule has 3 rings (SSSR count).